The van der Waals surface area contributed by atoms with E-state index in [9.17, 15) is 39.5 Å². The maximum atomic E-state index is 14.0. The van der Waals surface area contributed by atoms with Gasteiger partial charge in [0.2, 0.25) is 0 Å². The molecule has 10 rings (SSSR count). The monoisotopic (exact) mass is 894 g/mol. The van der Waals surface area contributed by atoms with Crippen LogP contribution in [0.5, 0.6) is 0 Å². The fourth-order valence-corrected chi connectivity index (χ4v) is 7.73. The lowest BCUT2D eigenvalue weighted by Crippen LogP contribution is -2.06. The maximum absolute atomic E-state index is 14.0. The van der Waals surface area contributed by atoms with Crippen molar-refractivity contribution in [1.29, 1.82) is 0 Å². The van der Waals surface area contributed by atoms with Gasteiger partial charge in [0.15, 0.2) is 0 Å². The van der Waals surface area contributed by atoms with Crippen LogP contribution in [0.15, 0.2) is 164 Å². The second kappa shape index (κ2) is 15.9. The van der Waals surface area contributed by atoms with Crippen molar-refractivity contribution in [2.24, 2.45) is 0 Å². The van der Waals surface area contributed by atoms with E-state index in [1.54, 1.807) is 109 Å². The van der Waals surface area contributed by atoms with Crippen molar-refractivity contribution in [3.63, 3.8) is 0 Å². The molecule has 66 heavy (non-hydrogen) atoms. The predicted molar refractivity (Wildman–Crippen MR) is 233 cm³/mol. The number of hydrogen-bond donors (Lipinski definition) is 0. The van der Waals surface area contributed by atoms with Gasteiger partial charge in [-0.15, -0.1) is 0 Å². The van der Waals surface area contributed by atoms with Crippen LogP contribution in [-0.2, 0) is 18.5 Å². The molecule has 0 amide bonds. The maximum Gasteiger partial charge on any atom is 0.416 e. The van der Waals surface area contributed by atoms with Gasteiger partial charge in [-0.3, -0.25) is 0 Å². The molecule has 324 valence electrons. The minimum Gasteiger partial charge on any atom is -0.244 e. The van der Waals surface area contributed by atoms with Crippen LogP contribution < -0.4 is 0 Å². The Morgan fingerprint density at radius 3 is 0.697 bits per heavy atom. The fraction of sp³-hybridized carbons (Fsp3) is 0.0588. The lowest BCUT2D eigenvalue weighted by atomic mass is 9.93. The molecule has 0 saturated heterocycles. The van der Waals surface area contributed by atoms with Crippen LogP contribution >= 0.6 is 0 Å². The molecule has 0 unspecified atom stereocenters. The highest BCUT2D eigenvalue weighted by Crippen LogP contribution is 2.43. The summed E-state index contributed by atoms with van der Waals surface area (Å²) in [4.78, 5) is 29.1. The van der Waals surface area contributed by atoms with E-state index in [2.05, 4.69) is 0 Å². The van der Waals surface area contributed by atoms with E-state index in [4.69, 9.17) is 29.9 Å². The van der Waals surface area contributed by atoms with Gasteiger partial charge in [-0.1, -0.05) is 91.0 Å². The van der Waals surface area contributed by atoms with Crippen LogP contribution in [0.4, 0.5) is 39.5 Å². The molecule has 3 aromatic heterocycles. The molecule has 3 heterocycles. The smallest absolute Gasteiger partial charge is 0.244 e. The van der Waals surface area contributed by atoms with Gasteiger partial charge in [0.25, 0.3) is 0 Å². The molecule has 7 aromatic carbocycles. The van der Waals surface area contributed by atoms with Gasteiger partial charge >= 0.3 is 18.5 Å². The summed E-state index contributed by atoms with van der Waals surface area (Å²) in [5.74, 6) is 0. The fourth-order valence-electron chi connectivity index (χ4n) is 7.73. The van der Waals surface area contributed by atoms with E-state index in [0.29, 0.717) is 33.4 Å². The van der Waals surface area contributed by atoms with Gasteiger partial charge in [0, 0.05) is 33.4 Å². The highest BCUT2D eigenvalue weighted by atomic mass is 19.4. The van der Waals surface area contributed by atoms with E-state index in [1.165, 1.54) is 18.2 Å². The van der Waals surface area contributed by atoms with E-state index in [0.717, 1.165) is 36.4 Å². The molecule has 15 heteroatoms. The standard InChI is InChI=1S/C51H27F9N6/c52-49(53,54)34-16-19-37-40(25-34)64-43(28-10-4-1-5-11-28)46(61-37)31-22-32(47-44(29-12-6-2-7-13-29)65-41-26-35(50(55,56)57)17-20-38(41)62-47)24-33(23-31)48-45(30-14-8-3-9-15-30)66-42-27-36(51(58,59)60)18-21-39(42)63-48/h1-27H. The lowest BCUT2D eigenvalue weighted by Gasteiger charge is -2.17. The van der Waals surface area contributed by atoms with Crippen LogP contribution in [0.3, 0.4) is 0 Å². The highest BCUT2D eigenvalue weighted by Gasteiger charge is 2.33. The topological polar surface area (TPSA) is 77.3 Å². The first-order chi connectivity index (χ1) is 31.6. The van der Waals surface area contributed by atoms with Gasteiger partial charge in [-0.25, -0.2) is 29.9 Å². The first kappa shape index (κ1) is 41.9. The Labute approximate surface area is 368 Å². The average molecular weight is 895 g/mol. The molecule has 0 aliphatic carbocycles. The van der Waals surface area contributed by atoms with Crippen molar-refractivity contribution >= 4 is 33.1 Å². The third-order valence-corrected chi connectivity index (χ3v) is 10.9. The molecular weight excluding hydrogens is 868 g/mol. The number of fused-ring (bicyclic) bond motifs is 3. The lowest BCUT2D eigenvalue weighted by molar-refractivity contribution is -0.138. The average Bonchev–Trinajstić information content (AvgIpc) is 3.32. The summed E-state index contributed by atoms with van der Waals surface area (Å²) in [6.07, 6.45) is -14.0. The van der Waals surface area contributed by atoms with Crippen LogP contribution in [0.1, 0.15) is 16.7 Å². The first-order valence-electron chi connectivity index (χ1n) is 20.1. The summed E-state index contributed by atoms with van der Waals surface area (Å²) in [6.45, 7) is 0. The zero-order chi connectivity index (χ0) is 46.0. The molecule has 10 aromatic rings. The number of hydrogen-bond acceptors (Lipinski definition) is 6. The number of nitrogens with zero attached hydrogens (tertiary/aromatic N) is 6. The molecule has 0 fully saturated rings. The van der Waals surface area contributed by atoms with E-state index in [1.807, 2.05) is 0 Å². The Morgan fingerprint density at radius 2 is 0.455 bits per heavy atom. The molecule has 0 N–H and O–H groups in total. The third kappa shape index (κ3) is 8.03. The number of alkyl halides is 9. The second-order valence-corrected chi connectivity index (χ2v) is 15.3. The molecule has 0 atom stereocenters. The largest absolute Gasteiger partial charge is 0.416 e. The third-order valence-electron chi connectivity index (χ3n) is 10.9. The van der Waals surface area contributed by atoms with Crippen LogP contribution in [0.25, 0.3) is 101 Å². The molecule has 0 bridgehead atoms. The van der Waals surface area contributed by atoms with Crippen molar-refractivity contribution in [3.8, 4) is 67.5 Å². The van der Waals surface area contributed by atoms with Gasteiger partial charge in [0.1, 0.15) is 0 Å². The number of benzene rings is 7. The van der Waals surface area contributed by atoms with Crippen molar-refractivity contribution in [1.82, 2.24) is 29.9 Å². The Kier molecular flexibility index (Phi) is 10.1. The molecule has 0 radical (unpaired) electrons. The molecule has 0 spiro atoms. The molecule has 0 aliphatic rings. The van der Waals surface area contributed by atoms with Crippen LogP contribution in [-0.4, -0.2) is 29.9 Å². The van der Waals surface area contributed by atoms with E-state index < -0.39 is 35.2 Å². The summed E-state index contributed by atoms with van der Waals surface area (Å²) in [7, 11) is 0. The highest BCUT2D eigenvalue weighted by molar-refractivity contribution is 5.95. The number of rotatable bonds is 6. The van der Waals surface area contributed by atoms with Gasteiger partial charge in [0.05, 0.1) is 84.0 Å². The van der Waals surface area contributed by atoms with Crippen molar-refractivity contribution in [2.75, 3.05) is 0 Å². The Bertz CT molecular complexity index is 3110. The molecular formula is C51H27F9N6. The SMILES string of the molecule is FC(F)(F)c1ccc2nc(-c3cc(-c4nc5ccc(C(F)(F)F)cc5nc4-c4ccccc4)cc(-c4nc5ccc(C(F)(F)F)cc5nc4-c4ccccc4)c3)c(-c3ccccc3)nc2c1. The minimum atomic E-state index is -4.66. The molecule has 0 saturated carbocycles. The second-order valence-electron chi connectivity index (χ2n) is 15.3. The van der Waals surface area contributed by atoms with Crippen molar-refractivity contribution in [2.45, 2.75) is 18.5 Å². The zero-order valence-electron chi connectivity index (χ0n) is 33.7. The summed E-state index contributed by atoms with van der Waals surface area (Å²) in [5, 5.41) is 0. The van der Waals surface area contributed by atoms with Gasteiger partial charge < -0.3 is 0 Å². The number of aromatic nitrogens is 6. The Balaban J connectivity index is 1.31. The Morgan fingerprint density at radius 1 is 0.227 bits per heavy atom. The zero-order valence-corrected chi connectivity index (χ0v) is 33.7. The number of halogens is 9. The van der Waals surface area contributed by atoms with Crippen LogP contribution in [0.2, 0.25) is 0 Å². The van der Waals surface area contributed by atoms with Gasteiger partial charge in [-0.05, 0) is 72.8 Å². The van der Waals surface area contributed by atoms with E-state index in [-0.39, 0.29) is 67.3 Å². The normalized spacial score (nSPS) is 12.3. The summed E-state index contributed by atoms with van der Waals surface area (Å²) in [6, 6.07) is 40.4. The summed E-state index contributed by atoms with van der Waals surface area (Å²) >= 11 is 0. The van der Waals surface area contributed by atoms with E-state index >= 15 is 0 Å². The van der Waals surface area contributed by atoms with Gasteiger partial charge in [-0.2, -0.15) is 39.5 Å². The summed E-state index contributed by atoms with van der Waals surface area (Å²) < 4.78 is 126. The molecule has 6 nitrogen and oxygen atoms in total. The first-order valence-corrected chi connectivity index (χ1v) is 20.1. The summed E-state index contributed by atoms with van der Waals surface area (Å²) in [5.41, 5.74) is 1.50. The predicted octanol–water partition coefficient (Wildman–Crippen LogP) is 14.6. The molecule has 0 aliphatic heterocycles. The van der Waals surface area contributed by atoms with Crippen LogP contribution in [0, 0.1) is 0 Å². The quantitative estimate of drug-likeness (QED) is 0.155. The van der Waals surface area contributed by atoms with Crippen molar-refractivity contribution in [3.05, 3.63) is 180 Å². The Hall–Kier alpha value is -8.07. The van der Waals surface area contributed by atoms with Crippen molar-refractivity contribution < 1.29 is 39.5 Å². The minimum absolute atomic E-state index is 0.0289.